The Morgan fingerprint density at radius 3 is 2.50 bits per heavy atom. The first-order valence-electron chi connectivity index (χ1n) is 6.31. The van der Waals surface area contributed by atoms with Gasteiger partial charge in [0.1, 0.15) is 0 Å². The predicted octanol–water partition coefficient (Wildman–Crippen LogP) is 1.26. The molecule has 0 spiro atoms. The van der Waals surface area contributed by atoms with Crippen LogP contribution in [0.4, 0.5) is 5.69 Å². The van der Waals surface area contributed by atoms with E-state index in [1.54, 1.807) is 12.1 Å². The summed E-state index contributed by atoms with van der Waals surface area (Å²) in [6.45, 7) is 2.17. The van der Waals surface area contributed by atoms with Gasteiger partial charge >= 0.3 is 0 Å². The summed E-state index contributed by atoms with van der Waals surface area (Å²) in [7, 11) is -2.16. The molecule has 0 aliphatic carbocycles. The van der Waals surface area contributed by atoms with Gasteiger partial charge in [0.15, 0.2) is 5.03 Å². The predicted molar refractivity (Wildman–Crippen MR) is 77.9 cm³/mol. The summed E-state index contributed by atoms with van der Waals surface area (Å²) in [5, 5.41) is 6.31. The number of nitrogens with two attached hydrogens (primary N) is 1. The molecule has 0 aliphatic heterocycles. The monoisotopic (exact) mass is 294 g/mol. The Labute approximate surface area is 118 Å². The Bertz CT molecular complexity index is 677. The summed E-state index contributed by atoms with van der Waals surface area (Å²) < 4.78 is 26.3. The summed E-state index contributed by atoms with van der Waals surface area (Å²) in [6.07, 6.45) is 2.34. The van der Waals surface area contributed by atoms with Gasteiger partial charge in [-0.15, -0.1) is 0 Å². The van der Waals surface area contributed by atoms with Crippen LogP contribution in [0, 0.1) is 0 Å². The highest BCUT2D eigenvalue weighted by molar-refractivity contribution is 7.92. The highest BCUT2D eigenvalue weighted by Gasteiger charge is 2.25. The summed E-state index contributed by atoms with van der Waals surface area (Å²) in [4.78, 5) is 0. The van der Waals surface area contributed by atoms with Crippen LogP contribution in [0.15, 0.2) is 35.5 Å². The third kappa shape index (κ3) is 2.54. The normalized spacial score (nSPS) is 11.6. The maximum Gasteiger partial charge on any atom is 0.281 e. The van der Waals surface area contributed by atoms with Crippen LogP contribution >= 0.6 is 0 Å². The second-order valence-electron chi connectivity index (χ2n) is 4.42. The molecule has 0 unspecified atom stereocenters. The van der Waals surface area contributed by atoms with Crippen LogP contribution in [0.1, 0.15) is 18.1 Å². The fraction of sp³-hybridized carbons (Fsp3) is 0.308. The number of rotatable bonds is 5. The van der Waals surface area contributed by atoms with Gasteiger partial charge in [0.2, 0.25) is 0 Å². The van der Waals surface area contributed by atoms with Gasteiger partial charge < -0.3 is 5.73 Å². The lowest BCUT2D eigenvalue weighted by molar-refractivity contribution is 0.589. The molecule has 0 aliphatic rings. The maximum absolute atomic E-state index is 12.5. The van der Waals surface area contributed by atoms with Crippen molar-refractivity contribution in [1.82, 2.24) is 10.2 Å². The SMILES string of the molecule is CCc1ccc(N(C)S(=O)(=O)c2[nH]ncc2CN)cc1. The third-order valence-electron chi connectivity index (χ3n) is 3.22. The number of nitrogens with zero attached hydrogens (tertiary/aromatic N) is 2. The number of aryl methyl sites for hydroxylation is 1. The van der Waals surface area contributed by atoms with Gasteiger partial charge in [-0.25, -0.2) is 0 Å². The molecule has 1 aromatic carbocycles. The number of hydrogen-bond acceptors (Lipinski definition) is 4. The quantitative estimate of drug-likeness (QED) is 0.868. The second-order valence-corrected chi connectivity index (χ2v) is 6.33. The molecule has 20 heavy (non-hydrogen) atoms. The van der Waals surface area contributed by atoms with E-state index >= 15 is 0 Å². The van der Waals surface area contributed by atoms with Crippen molar-refractivity contribution in [2.45, 2.75) is 24.9 Å². The number of benzene rings is 1. The van der Waals surface area contributed by atoms with Gasteiger partial charge in [0, 0.05) is 19.2 Å². The molecule has 0 fully saturated rings. The Hall–Kier alpha value is -1.86. The van der Waals surface area contributed by atoms with Crippen molar-refractivity contribution >= 4 is 15.7 Å². The Morgan fingerprint density at radius 2 is 1.95 bits per heavy atom. The topological polar surface area (TPSA) is 92.1 Å². The lowest BCUT2D eigenvalue weighted by atomic mass is 10.1. The number of sulfonamides is 1. The van der Waals surface area contributed by atoms with Crippen molar-refractivity contribution < 1.29 is 8.42 Å². The largest absolute Gasteiger partial charge is 0.326 e. The smallest absolute Gasteiger partial charge is 0.281 e. The third-order valence-corrected chi connectivity index (χ3v) is 5.03. The van der Waals surface area contributed by atoms with E-state index in [0.29, 0.717) is 11.3 Å². The summed E-state index contributed by atoms with van der Waals surface area (Å²) in [5.41, 5.74) is 7.75. The minimum absolute atomic E-state index is 0.0436. The second kappa shape index (κ2) is 5.64. The van der Waals surface area contributed by atoms with Gasteiger partial charge in [-0.3, -0.25) is 9.40 Å². The molecule has 0 saturated heterocycles. The van der Waals surface area contributed by atoms with E-state index < -0.39 is 10.0 Å². The number of H-pyrrole nitrogens is 1. The summed E-state index contributed by atoms with van der Waals surface area (Å²) in [6, 6.07) is 7.40. The first kappa shape index (κ1) is 14.5. The zero-order chi connectivity index (χ0) is 14.8. The zero-order valence-electron chi connectivity index (χ0n) is 11.5. The van der Waals surface area contributed by atoms with Crippen LogP contribution in [-0.4, -0.2) is 25.7 Å². The molecule has 0 atom stereocenters. The number of hydrogen-bond donors (Lipinski definition) is 2. The molecule has 6 nitrogen and oxygen atoms in total. The molecule has 3 N–H and O–H groups in total. The average molecular weight is 294 g/mol. The van der Waals surface area contributed by atoms with Crippen molar-refractivity contribution in [2.75, 3.05) is 11.4 Å². The number of aromatic nitrogens is 2. The molecule has 2 aromatic rings. The number of anilines is 1. The van der Waals surface area contributed by atoms with E-state index in [-0.39, 0.29) is 11.6 Å². The van der Waals surface area contributed by atoms with E-state index in [1.807, 2.05) is 19.1 Å². The molecule has 0 saturated carbocycles. The van der Waals surface area contributed by atoms with Crippen LogP contribution in [0.2, 0.25) is 0 Å². The molecule has 108 valence electrons. The average Bonchev–Trinajstić information content (AvgIpc) is 2.95. The van der Waals surface area contributed by atoms with E-state index in [4.69, 9.17) is 5.73 Å². The van der Waals surface area contributed by atoms with E-state index in [2.05, 4.69) is 10.2 Å². The lowest BCUT2D eigenvalue weighted by Gasteiger charge is -2.19. The van der Waals surface area contributed by atoms with E-state index in [9.17, 15) is 8.42 Å². The highest BCUT2D eigenvalue weighted by atomic mass is 32.2. The molecular weight excluding hydrogens is 276 g/mol. The molecule has 0 radical (unpaired) electrons. The molecule has 0 bridgehead atoms. The molecule has 0 amide bonds. The Morgan fingerprint density at radius 1 is 1.30 bits per heavy atom. The van der Waals surface area contributed by atoms with Crippen LogP contribution in [0.5, 0.6) is 0 Å². The van der Waals surface area contributed by atoms with Gasteiger partial charge in [0.05, 0.1) is 11.9 Å². The van der Waals surface area contributed by atoms with Gasteiger partial charge in [-0.05, 0) is 24.1 Å². The standard InChI is InChI=1S/C13H18N4O2S/c1-3-10-4-6-12(7-5-10)17(2)20(18,19)13-11(8-14)9-15-16-13/h4-7,9H,3,8,14H2,1-2H3,(H,15,16). The van der Waals surface area contributed by atoms with Gasteiger partial charge in [0.25, 0.3) is 10.0 Å². The Balaban J connectivity index is 2.38. The molecule has 1 aromatic heterocycles. The van der Waals surface area contributed by atoms with Crippen molar-refractivity contribution in [2.24, 2.45) is 5.73 Å². The van der Waals surface area contributed by atoms with Crippen LogP contribution in [0.25, 0.3) is 0 Å². The first-order valence-corrected chi connectivity index (χ1v) is 7.75. The molecular formula is C13H18N4O2S. The van der Waals surface area contributed by atoms with Gasteiger partial charge in [-0.2, -0.15) is 13.5 Å². The minimum atomic E-state index is -3.68. The van der Waals surface area contributed by atoms with Gasteiger partial charge in [-0.1, -0.05) is 19.1 Å². The lowest BCUT2D eigenvalue weighted by Crippen LogP contribution is -2.28. The summed E-state index contributed by atoms with van der Waals surface area (Å²) >= 11 is 0. The van der Waals surface area contributed by atoms with Crippen molar-refractivity contribution in [3.05, 3.63) is 41.6 Å². The Kier molecular flexibility index (Phi) is 4.10. The van der Waals surface area contributed by atoms with Crippen molar-refractivity contribution in [3.8, 4) is 0 Å². The zero-order valence-corrected chi connectivity index (χ0v) is 12.3. The maximum atomic E-state index is 12.5. The van der Waals surface area contributed by atoms with Crippen molar-refractivity contribution in [3.63, 3.8) is 0 Å². The fourth-order valence-electron chi connectivity index (χ4n) is 1.89. The highest BCUT2D eigenvalue weighted by Crippen LogP contribution is 2.23. The molecule has 1 heterocycles. The van der Waals surface area contributed by atoms with E-state index in [1.165, 1.54) is 17.5 Å². The van der Waals surface area contributed by atoms with Crippen LogP contribution < -0.4 is 10.0 Å². The summed E-state index contributed by atoms with van der Waals surface area (Å²) in [5.74, 6) is 0. The minimum Gasteiger partial charge on any atom is -0.326 e. The van der Waals surface area contributed by atoms with Crippen molar-refractivity contribution in [1.29, 1.82) is 0 Å². The molecule has 2 rings (SSSR count). The molecule has 7 heteroatoms. The van der Waals surface area contributed by atoms with Crippen LogP contribution in [-0.2, 0) is 23.0 Å². The number of aromatic amines is 1. The van der Waals surface area contributed by atoms with Crippen LogP contribution in [0.3, 0.4) is 0 Å². The number of nitrogens with one attached hydrogen (secondary N) is 1. The van der Waals surface area contributed by atoms with E-state index in [0.717, 1.165) is 12.0 Å². The first-order chi connectivity index (χ1) is 9.50. The fourth-order valence-corrected chi connectivity index (χ4v) is 3.19.